The molecule has 22 heavy (non-hydrogen) atoms. The Bertz CT molecular complexity index is 628. The van der Waals surface area contributed by atoms with E-state index >= 15 is 0 Å². The molecule has 0 fully saturated rings. The summed E-state index contributed by atoms with van der Waals surface area (Å²) in [5, 5.41) is -0.344. The Hall–Kier alpha value is -2.14. The van der Waals surface area contributed by atoms with Crippen molar-refractivity contribution in [2.75, 3.05) is 20.0 Å². The highest BCUT2D eigenvalue weighted by molar-refractivity contribution is 8.00. The lowest BCUT2D eigenvalue weighted by Gasteiger charge is -2.15. The van der Waals surface area contributed by atoms with E-state index in [1.54, 1.807) is 7.11 Å². The summed E-state index contributed by atoms with van der Waals surface area (Å²) in [5.41, 5.74) is 7.66. The molecule has 0 saturated heterocycles. The van der Waals surface area contributed by atoms with Gasteiger partial charge in [-0.05, 0) is 36.2 Å². The van der Waals surface area contributed by atoms with Gasteiger partial charge in [-0.15, -0.1) is 11.8 Å². The molecule has 4 nitrogen and oxygen atoms in total. The topological polar surface area (TPSA) is 61.5 Å². The van der Waals surface area contributed by atoms with E-state index in [1.165, 1.54) is 18.9 Å². The van der Waals surface area contributed by atoms with Gasteiger partial charge in [0.15, 0.2) is 0 Å². The lowest BCUT2D eigenvalue weighted by molar-refractivity contribution is -0.139. The fraction of sp³-hybridized carbons (Fsp3) is 0.235. The van der Waals surface area contributed by atoms with Crippen molar-refractivity contribution < 1.29 is 14.3 Å². The van der Waals surface area contributed by atoms with E-state index in [9.17, 15) is 4.79 Å². The first-order valence-corrected chi connectivity index (χ1v) is 7.74. The highest BCUT2D eigenvalue weighted by Crippen LogP contribution is 2.31. The van der Waals surface area contributed by atoms with Crippen LogP contribution in [0.3, 0.4) is 0 Å². The summed E-state index contributed by atoms with van der Waals surface area (Å²) in [4.78, 5) is 12.9. The Labute approximate surface area is 134 Å². The van der Waals surface area contributed by atoms with Gasteiger partial charge in [0.05, 0.1) is 14.2 Å². The monoisotopic (exact) mass is 317 g/mol. The highest BCUT2D eigenvalue weighted by Gasteiger charge is 2.22. The Balaban J connectivity index is 2.15. The van der Waals surface area contributed by atoms with Crippen molar-refractivity contribution in [3.63, 3.8) is 0 Å². The molecule has 5 heteroatoms. The van der Waals surface area contributed by atoms with E-state index in [-0.39, 0.29) is 11.2 Å². The lowest BCUT2D eigenvalue weighted by Crippen LogP contribution is -2.21. The maximum absolute atomic E-state index is 12.0. The van der Waals surface area contributed by atoms with E-state index in [0.717, 1.165) is 16.2 Å². The van der Waals surface area contributed by atoms with Gasteiger partial charge in [-0.3, -0.25) is 4.79 Å². The normalized spacial score (nSPS) is 11.7. The molecule has 2 aromatic rings. The van der Waals surface area contributed by atoms with Gasteiger partial charge in [-0.2, -0.15) is 0 Å². The Morgan fingerprint density at radius 2 is 1.82 bits per heavy atom. The molecule has 0 aliphatic carbocycles. The van der Waals surface area contributed by atoms with Gasteiger partial charge in [0.1, 0.15) is 11.0 Å². The van der Waals surface area contributed by atoms with Crippen LogP contribution in [0.25, 0.3) is 0 Å². The molecular weight excluding hydrogens is 298 g/mol. The van der Waals surface area contributed by atoms with Crippen molar-refractivity contribution in [1.29, 1.82) is 0 Å². The van der Waals surface area contributed by atoms with E-state index in [2.05, 4.69) is 0 Å². The fourth-order valence-corrected chi connectivity index (χ4v) is 3.16. The number of ether oxygens (including phenoxy) is 2. The van der Waals surface area contributed by atoms with Crippen LogP contribution in [-0.2, 0) is 16.0 Å². The van der Waals surface area contributed by atoms with Gasteiger partial charge < -0.3 is 15.2 Å². The average Bonchev–Trinajstić information content (AvgIpc) is 2.56. The summed E-state index contributed by atoms with van der Waals surface area (Å²) in [6.45, 7) is 0. The molecule has 0 aliphatic rings. The first kappa shape index (κ1) is 16.2. The molecule has 2 rings (SSSR count). The van der Waals surface area contributed by atoms with Gasteiger partial charge in [-0.1, -0.05) is 24.3 Å². The predicted molar refractivity (Wildman–Crippen MR) is 89.2 cm³/mol. The standard InChI is InChI=1S/C17H19NO3S/c1-20-13-9-7-12(8-10-13)11-16(17(19)21-2)22-15-6-4-3-5-14(15)18/h3-10,16H,11,18H2,1-2H3. The van der Waals surface area contributed by atoms with Crippen LogP contribution in [0.1, 0.15) is 5.56 Å². The second-order valence-electron chi connectivity index (χ2n) is 4.72. The van der Waals surface area contributed by atoms with Crippen molar-refractivity contribution in [2.24, 2.45) is 0 Å². The number of carbonyl (C=O) groups excluding carboxylic acids is 1. The largest absolute Gasteiger partial charge is 0.497 e. The van der Waals surface area contributed by atoms with E-state index in [1.807, 2.05) is 48.5 Å². The first-order chi connectivity index (χ1) is 10.6. The number of para-hydroxylation sites is 1. The van der Waals surface area contributed by atoms with Crippen LogP contribution in [0.2, 0.25) is 0 Å². The number of nitrogen functional groups attached to an aromatic ring is 1. The summed E-state index contributed by atoms with van der Waals surface area (Å²) in [5.74, 6) is 0.530. The number of hydrogen-bond donors (Lipinski definition) is 1. The van der Waals surface area contributed by atoms with Crippen LogP contribution in [0.15, 0.2) is 53.4 Å². The van der Waals surface area contributed by atoms with E-state index in [0.29, 0.717) is 12.1 Å². The molecule has 0 aromatic heterocycles. The van der Waals surface area contributed by atoms with Gasteiger partial charge in [0.25, 0.3) is 0 Å². The number of hydrogen-bond acceptors (Lipinski definition) is 5. The first-order valence-electron chi connectivity index (χ1n) is 6.86. The zero-order chi connectivity index (χ0) is 15.9. The second kappa shape index (κ2) is 7.75. The molecule has 0 aliphatic heterocycles. The minimum absolute atomic E-state index is 0.260. The van der Waals surface area contributed by atoms with E-state index in [4.69, 9.17) is 15.2 Å². The summed E-state index contributed by atoms with van der Waals surface area (Å²) in [7, 11) is 3.03. The van der Waals surface area contributed by atoms with Crippen molar-refractivity contribution in [1.82, 2.24) is 0 Å². The second-order valence-corrected chi connectivity index (χ2v) is 5.96. The molecule has 0 saturated carbocycles. The summed E-state index contributed by atoms with van der Waals surface area (Å²) in [6.07, 6.45) is 0.565. The SMILES string of the molecule is COC(=O)C(Cc1ccc(OC)cc1)Sc1ccccc1N. The predicted octanol–water partition coefficient (Wildman–Crippen LogP) is 3.15. The van der Waals surface area contributed by atoms with Gasteiger partial charge in [0.2, 0.25) is 0 Å². The molecular formula is C17H19NO3S. The van der Waals surface area contributed by atoms with Gasteiger partial charge >= 0.3 is 5.97 Å². The number of esters is 1. The fourth-order valence-electron chi connectivity index (χ4n) is 2.02. The van der Waals surface area contributed by atoms with E-state index < -0.39 is 0 Å². The third kappa shape index (κ3) is 4.18. The highest BCUT2D eigenvalue weighted by atomic mass is 32.2. The number of anilines is 1. The lowest BCUT2D eigenvalue weighted by atomic mass is 10.1. The van der Waals surface area contributed by atoms with Crippen molar-refractivity contribution in [3.05, 3.63) is 54.1 Å². The van der Waals surface area contributed by atoms with Gasteiger partial charge in [0, 0.05) is 10.6 Å². The van der Waals surface area contributed by atoms with Crippen LogP contribution >= 0.6 is 11.8 Å². The quantitative estimate of drug-likeness (QED) is 0.504. The Kier molecular flexibility index (Phi) is 5.72. The summed E-state index contributed by atoms with van der Waals surface area (Å²) >= 11 is 1.42. The van der Waals surface area contributed by atoms with Crippen LogP contribution in [0, 0.1) is 0 Å². The number of nitrogens with two attached hydrogens (primary N) is 1. The molecule has 1 atom stereocenters. The van der Waals surface area contributed by atoms with Crippen LogP contribution in [0.5, 0.6) is 5.75 Å². The van der Waals surface area contributed by atoms with Crippen LogP contribution in [0.4, 0.5) is 5.69 Å². The maximum Gasteiger partial charge on any atom is 0.319 e. The Morgan fingerprint density at radius 3 is 2.41 bits per heavy atom. The van der Waals surface area contributed by atoms with Crippen molar-refractivity contribution >= 4 is 23.4 Å². The number of rotatable bonds is 6. The smallest absolute Gasteiger partial charge is 0.319 e. The van der Waals surface area contributed by atoms with Gasteiger partial charge in [-0.25, -0.2) is 0 Å². The molecule has 0 bridgehead atoms. The van der Waals surface area contributed by atoms with Crippen molar-refractivity contribution in [2.45, 2.75) is 16.6 Å². The summed E-state index contributed by atoms with van der Waals surface area (Å²) < 4.78 is 10.1. The Morgan fingerprint density at radius 1 is 1.14 bits per heavy atom. The molecule has 2 N–H and O–H groups in total. The minimum atomic E-state index is -0.344. The molecule has 2 aromatic carbocycles. The molecule has 1 unspecified atom stereocenters. The zero-order valence-electron chi connectivity index (χ0n) is 12.6. The number of carbonyl (C=O) groups is 1. The summed E-state index contributed by atoms with van der Waals surface area (Å²) in [6, 6.07) is 15.2. The molecule has 0 amide bonds. The number of benzene rings is 2. The minimum Gasteiger partial charge on any atom is -0.497 e. The number of thioether (sulfide) groups is 1. The third-order valence-corrected chi connectivity index (χ3v) is 4.50. The number of methoxy groups -OCH3 is 2. The molecule has 0 heterocycles. The molecule has 0 radical (unpaired) electrons. The zero-order valence-corrected chi connectivity index (χ0v) is 13.4. The van der Waals surface area contributed by atoms with Crippen LogP contribution in [-0.4, -0.2) is 25.4 Å². The molecule has 0 spiro atoms. The third-order valence-electron chi connectivity index (χ3n) is 3.23. The maximum atomic E-state index is 12.0. The van der Waals surface area contributed by atoms with Crippen LogP contribution < -0.4 is 10.5 Å². The van der Waals surface area contributed by atoms with Crippen molar-refractivity contribution in [3.8, 4) is 5.75 Å². The average molecular weight is 317 g/mol. The molecule has 116 valence electrons.